The molecule has 3 aromatic rings. The van der Waals surface area contributed by atoms with E-state index >= 15 is 0 Å². The Balaban J connectivity index is 1.25. The molecule has 0 aliphatic carbocycles. The van der Waals surface area contributed by atoms with Gasteiger partial charge >= 0.3 is 6.01 Å². The van der Waals surface area contributed by atoms with E-state index in [4.69, 9.17) is 19.5 Å². The molecule has 2 fully saturated rings. The Labute approximate surface area is 191 Å². The van der Waals surface area contributed by atoms with Crippen molar-refractivity contribution in [1.82, 2.24) is 25.5 Å². The Morgan fingerprint density at radius 1 is 1.15 bits per heavy atom. The molecule has 2 saturated heterocycles. The lowest BCUT2D eigenvalue weighted by Gasteiger charge is -2.18. The number of aromatic nitrogens is 4. The number of nitrogens with zero attached hydrogens (tertiary/aromatic N) is 6. The minimum atomic E-state index is -0.189. The molecule has 2 aliphatic heterocycles. The van der Waals surface area contributed by atoms with Crippen LogP contribution in [0, 0.1) is 11.3 Å². The molecule has 10 nitrogen and oxygen atoms in total. The number of hydrogen-bond donors (Lipinski definition) is 1. The lowest BCUT2D eigenvalue weighted by Crippen LogP contribution is -2.40. The first kappa shape index (κ1) is 21.3. The van der Waals surface area contributed by atoms with Crippen LogP contribution in [-0.4, -0.2) is 65.8 Å². The molecule has 5 rings (SSSR count). The zero-order chi connectivity index (χ0) is 22.8. The summed E-state index contributed by atoms with van der Waals surface area (Å²) in [6.07, 6.45) is -0.310. The molecule has 33 heavy (non-hydrogen) atoms. The van der Waals surface area contributed by atoms with Crippen LogP contribution in [0.25, 0.3) is 0 Å². The molecular weight excluding hydrogens is 422 g/mol. The van der Waals surface area contributed by atoms with Crippen molar-refractivity contribution in [3.63, 3.8) is 0 Å². The fraction of sp³-hybridized carbons (Fsp3) is 0.391. The van der Waals surface area contributed by atoms with Crippen LogP contribution in [0.1, 0.15) is 17.2 Å². The minimum absolute atomic E-state index is 0.0309. The Bertz CT molecular complexity index is 1160. The number of ether oxygens (including phenoxy) is 3. The fourth-order valence-electron chi connectivity index (χ4n) is 4.25. The number of fused-ring (bicyclic) bond motifs is 1. The zero-order valence-electron chi connectivity index (χ0n) is 18.5. The molecule has 4 atom stereocenters. The second-order valence-electron chi connectivity index (χ2n) is 8.36. The number of benzene rings is 2. The van der Waals surface area contributed by atoms with Gasteiger partial charge in [-0.25, -0.2) is 0 Å². The highest BCUT2D eigenvalue weighted by molar-refractivity contribution is 5.49. The molecule has 1 aromatic heterocycles. The maximum atomic E-state index is 9.10. The second-order valence-corrected chi connectivity index (χ2v) is 8.36. The SMILES string of the molecule is CN(C)c1cccc(Oc2nnnn2C2COC3C(NCc4cccc(C#N)c4)COC32)c1. The Morgan fingerprint density at radius 3 is 2.85 bits per heavy atom. The molecule has 4 unspecified atom stereocenters. The van der Waals surface area contributed by atoms with E-state index in [1.54, 1.807) is 10.7 Å². The first-order chi connectivity index (χ1) is 16.1. The van der Waals surface area contributed by atoms with Gasteiger partial charge in [0, 0.05) is 32.4 Å². The Morgan fingerprint density at radius 2 is 2.00 bits per heavy atom. The maximum absolute atomic E-state index is 9.10. The van der Waals surface area contributed by atoms with Crippen molar-refractivity contribution in [2.75, 3.05) is 32.2 Å². The summed E-state index contributed by atoms with van der Waals surface area (Å²) in [6.45, 7) is 1.58. The molecule has 2 aromatic carbocycles. The monoisotopic (exact) mass is 447 g/mol. The third kappa shape index (κ3) is 4.39. The van der Waals surface area contributed by atoms with Crippen molar-refractivity contribution in [2.45, 2.75) is 30.8 Å². The van der Waals surface area contributed by atoms with Gasteiger partial charge in [-0.2, -0.15) is 9.94 Å². The first-order valence-corrected chi connectivity index (χ1v) is 10.8. The smallest absolute Gasteiger partial charge is 0.341 e. The van der Waals surface area contributed by atoms with Gasteiger partial charge in [0.2, 0.25) is 0 Å². The van der Waals surface area contributed by atoms with E-state index in [0.717, 1.165) is 11.3 Å². The molecule has 10 heteroatoms. The molecule has 0 spiro atoms. The highest BCUT2D eigenvalue weighted by Crippen LogP contribution is 2.36. The molecule has 3 heterocycles. The average molecular weight is 447 g/mol. The van der Waals surface area contributed by atoms with Crippen LogP contribution in [0.2, 0.25) is 0 Å². The van der Waals surface area contributed by atoms with Crippen molar-refractivity contribution < 1.29 is 14.2 Å². The quantitative estimate of drug-likeness (QED) is 0.580. The van der Waals surface area contributed by atoms with Gasteiger partial charge in [-0.3, -0.25) is 0 Å². The lowest BCUT2D eigenvalue weighted by atomic mass is 10.1. The molecule has 0 saturated carbocycles. The highest BCUT2D eigenvalue weighted by atomic mass is 16.6. The summed E-state index contributed by atoms with van der Waals surface area (Å²) in [5, 5.41) is 24.6. The molecule has 0 amide bonds. The van der Waals surface area contributed by atoms with Crippen molar-refractivity contribution in [1.29, 1.82) is 5.26 Å². The molecule has 2 aliphatic rings. The van der Waals surface area contributed by atoms with Crippen LogP contribution >= 0.6 is 0 Å². The molecule has 1 N–H and O–H groups in total. The van der Waals surface area contributed by atoms with Gasteiger partial charge in [0.15, 0.2) is 0 Å². The minimum Gasteiger partial charge on any atom is -0.423 e. The average Bonchev–Trinajstić information content (AvgIpc) is 3.55. The molecule has 0 radical (unpaired) electrons. The van der Waals surface area contributed by atoms with E-state index in [1.165, 1.54) is 0 Å². The highest BCUT2D eigenvalue weighted by Gasteiger charge is 2.49. The number of rotatable bonds is 7. The largest absolute Gasteiger partial charge is 0.423 e. The predicted octanol–water partition coefficient (Wildman–Crippen LogP) is 1.90. The van der Waals surface area contributed by atoms with Crippen LogP contribution in [0.15, 0.2) is 48.5 Å². The van der Waals surface area contributed by atoms with Gasteiger partial charge in [-0.05, 0) is 40.3 Å². The van der Waals surface area contributed by atoms with E-state index < -0.39 is 0 Å². The van der Waals surface area contributed by atoms with E-state index in [9.17, 15) is 0 Å². The molecule has 0 bridgehead atoms. The number of nitrogens with one attached hydrogen (secondary N) is 1. The standard InChI is InChI=1S/C23H25N7O3/c1-29(2)17-7-4-8-18(10-17)33-23-26-27-28-30(23)20-14-32-21-19(13-31-22(20)21)25-12-16-6-3-5-15(9-16)11-24/h3-10,19-22,25H,12-14H2,1-2H3. The summed E-state index contributed by atoms with van der Waals surface area (Å²) in [5.41, 5.74) is 2.71. The van der Waals surface area contributed by atoms with Crippen LogP contribution in [-0.2, 0) is 16.0 Å². The van der Waals surface area contributed by atoms with Crippen molar-refractivity contribution in [2.24, 2.45) is 0 Å². The number of nitriles is 1. The number of tetrazole rings is 1. The molecular formula is C23H25N7O3. The summed E-state index contributed by atoms with van der Waals surface area (Å²) in [4.78, 5) is 2.00. The van der Waals surface area contributed by atoms with Crippen LogP contribution < -0.4 is 15.0 Å². The van der Waals surface area contributed by atoms with E-state index in [-0.39, 0.29) is 24.3 Å². The van der Waals surface area contributed by atoms with Crippen molar-refractivity contribution >= 4 is 5.69 Å². The number of anilines is 1. The fourth-order valence-corrected chi connectivity index (χ4v) is 4.25. The summed E-state index contributed by atoms with van der Waals surface area (Å²) < 4.78 is 19.8. The number of hydrogen-bond acceptors (Lipinski definition) is 9. The second kappa shape index (κ2) is 9.15. The van der Waals surface area contributed by atoms with E-state index in [0.29, 0.717) is 37.1 Å². The summed E-state index contributed by atoms with van der Waals surface area (Å²) >= 11 is 0. The molecule has 170 valence electrons. The van der Waals surface area contributed by atoms with Crippen molar-refractivity contribution in [3.8, 4) is 17.8 Å². The van der Waals surface area contributed by atoms with Gasteiger partial charge in [-0.1, -0.05) is 23.3 Å². The van der Waals surface area contributed by atoms with Gasteiger partial charge in [-0.15, -0.1) is 0 Å². The first-order valence-electron chi connectivity index (χ1n) is 10.8. The predicted molar refractivity (Wildman–Crippen MR) is 119 cm³/mol. The van der Waals surface area contributed by atoms with Gasteiger partial charge in [0.1, 0.15) is 24.0 Å². The zero-order valence-corrected chi connectivity index (χ0v) is 18.5. The summed E-state index contributed by atoms with van der Waals surface area (Å²) in [5.74, 6) is 0.652. The Kier molecular flexibility index (Phi) is 5.92. The topological polar surface area (TPSA) is 110 Å². The van der Waals surface area contributed by atoms with Gasteiger partial charge in [0.25, 0.3) is 0 Å². The summed E-state index contributed by atoms with van der Waals surface area (Å²) in [7, 11) is 3.95. The van der Waals surface area contributed by atoms with E-state index in [1.807, 2.05) is 61.5 Å². The third-order valence-electron chi connectivity index (χ3n) is 5.97. The van der Waals surface area contributed by atoms with Crippen LogP contribution in [0.4, 0.5) is 5.69 Å². The normalized spacial score (nSPS) is 23.8. The van der Waals surface area contributed by atoms with Gasteiger partial charge < -0.3 is 24.4 Å². The van der Waals surface area contributed by atoms with E-state index in [2.05, 4.69) is 26.9 Å². The lowest BCUT2D eigenvalue weighted by molar-refractivity contribution is 0.0611. The van der Waals surface area contributed by atoms with Crippen molar-refractivity contribution in [3.05, 3.63) is 59.7 Å². The third-order valence-corrected chi connectivity index (χ3v) is 5.97. The summed E-state index contributed by atoms with van der Waals surface area (Å²) in [6, 6.07) is 17.6. The Hall–Kier alpha value is -3.52. The van der Waals surface area contributed by atoms with Gasteiger partial charge in [0.05, 0.1) is 30.9 Å². The maximum Gasteiger partial charge on any atom is 0.341 e. The van der Waals surface area contributed by atoms with Crippen LogP contribution in [0.5, 0.6) is 11.8 Å². The van der Waals surface area contributed by atoms with Crippen LogP contribution in [0.3, 0.4) is 0 Å².